The van der Waals surface area contributed by atoms with Crippen LogP contribution in [-0.4, -0.2) is 40.2 Å². The maximum absolute atomic E-state index is 14.0. The van der Waals surface area contributed by atoms with E-state index < -0.39 is 11.2 Å². The molecule has 200 valence electrons. The Morgan fingerprint density at radius 1 is 1.15 bits per heavy atom. The highest BCUT2D eigenvalue weighted by Crippen LogP contribution is 2.33. The summed E-state index contributed by atoms with van der Waals surface area (Å²) < 4.78 is 6.15. The topological polar surface area (TPSA) is 124 Å². The Kier molecular flexibility index (Phi) is 6.51. The summed E-state index contributed by atoms with van der Waals surface area (Å²) >= 11 is 6.31. The molecule has 0 unspecified atom stereocenters. The molecule has 0 amide bonds. The van der Waals surface area contributed by atoms with Crippen LogP contribution >= 0.6 is 11.6 Å². The molecule has 4 aromatic heterocycles. The lowest BCUT2D eigenvalue weighted by Gasteiger charge is -2.11. The molecule has 1 saturated carbocycles. The third-order valence-corrected chi connectivity index (χ3v) is 7.42. The van der Waals surface area contributed by atoms with Crippen molar-refractivity contribution in [3.63, 3.8) is 0 Å². The minimum atomic E-state index is -0.525. The first-order valence-electron chi connectivity index (χ1n) is 12.8. The molecule has 1 aliphatic rings. The van der Waals surface area contributed by atoms with Crippen molar-refractivity contribution < 1.29 is 5.11 Å². The van der Waals surface area contributed by atoms with Gasteiger partial charge in [0.1, 0.15) is 23.8 Å². The minimum absolute atomic E-state index is 0.159. The predicted molar refractivity (Wildman–Crippen MR) is 151 cm³/mol. The van der Waals surface area contributed by atoms with E-state index in [2.05, 4.69) is 22.9 Å². The summed E-state index contributed by atoms with van der Waals surface area (Å²) in [6, 6.07) is 11.2. The van der Waals surface area contributed by atoms with E-state index in [9.17, 15) is 14.9 Å². The SMILES string of the molecule is Cn1cc(C#N)cc1-c1c2c(=O)n(CC#CCO)c(=O)n(CC3CC3)c2nn1Cc1ccnc2ccc(Cl)cc12. The molecule has 1 aromatic carbocycles. The van der Waals surface area contributed by atoms with Crippen LogP contribution in [0.2, 0.25) is 5.02 Å². The number of nitrogens with zero attached hydrogens (tertiary/aromatic N) is 7. The normalized spacial score (nSPS) is 12.9. The van der Waals surface area contributed by atoms with Gasteiger partial charge in [-0.15, -0.1) is 0 Å². The Bertz CT molecular complexity index is 2030. The molecule has 1 aliphatic carbocycles. The Morgan fingerprint density at radius 3 is 2.70 bits per heavy atom. The number of aryl methyl sites for hydroxylation is 1. The monoisotopic (exact) mass is 553 g/mol. The van der Waals surface area contributed by atoms with Crippen LogP contribution in [-0.2, 0) is 26.7 Å². The second kappa shape index (κ2) is 10.2. The third-order valence-electron chi connectivity index (χ3n) is 7.18. The molecule has 1 fully saturated rings. The van der Waals surface area contributed by atoms with Crippen LogP contribution in [0.4, 0.5) is 0 Å². The molecule has 1 N–H and O–H groups in total. The van der Waals surface area contributed by atoms with Crippen molar-refractivity contribution >= 4 is 33.5 Å². The van der Waals surface area contributed by atoms with E-state index in [1.54, 1.807) is 45.4 Å². The smallest absolute Gasteiger partial charge is 0.333 e. The second-order valence-corrected chi connectivity index (χ2v) is 10.3. The fourth-order valence-corrected chi connectivity index (χ4v) is 5.23. The number of aliphatic hydroxyl groups is 1. The van der Waals surface area contributed by atoms with Gasteiger partial charge in [0.25, 0.3) is 5.56 Å². The number of nitriles is 1. The highest BCUT2D eigenvalue weighted by molar-refractivity contribution is 6.31. The second-order valence-electron chi connectivity index (χ2n) is 9.91. The summed E-state index contributed by atoms with van der Waals surface area (Å²) in [5.41, 5.74) is 2.45. The van der Waals surface area contributed by atoms with Gasteiger partial charge in [-0.05, 0) is 54.7 Å². The molecule has 40 heavy (non-hydrogen) atoms. The van der Waals surface area contributed by atoms with Crippen LogP contribution in [0.5, 0.6) is 0 Å². The van der Waals surface area contributed by atoms with Gasteiger partial charge in [0.2, 0.25) is 0 Å². The van der Waals surface area contributed by atoms with Gasteiger partial charge in [0.05, 0.1) is 29.9 Å². The van der Waals surface area contributed by atoms with Crippen molar-refractivity contribution in [1.29, 1.82) is 5.26 Å². The van der Waals surface area contributed by atoms with Gasteiger partial charge in [0.15, 0.2) is 5.65 Å². The quantitative estimate of drug-likeness (QED) is 0.322. The number of hydrogen-bond acceptors (Lipinski definition) is 6. The van der Waals surface area contributed by atoms with Gasteiger partial charge in [-0.1, -0.05) is 23.4 Å². The lowest BCUT2D eigenvalue weighted by atomic mass is 10.1. The van der Waals surface area contributed by atoms with Gasteiger partial charge < -0.3 is 9.67 Å². The van der Waals surface area contributed by atoms with E-state index in [0.29, 0.717) is 40.1 Å². The molecule has 0 aliphatic heterocycles. The summed E-state index contributed by atoms with van der Waals surface area (Å²) in [5.74, 6) is 5.55. The van der Waals surface area contributed by atoms with Crippen molar-refractivity contribution in [2.24, 2.45) is 13.0 Å². The number of pyridine rings is 1. The van der Waals surface area contributed by atoms with Crippen LogP contribution in [0.15, 0.2) is 52.3 Å². The van der Waals surface area contributed by atoms with Crippen LogP contribution in [0, 0.1) is 29.1 Å². The number of rotatable bonds is 6. The standard InChI is InChI=1S/C29H24ClN7O3/c1-34-15-19(14-31)12-24(34)26-25-27(33-37(26)17-20-8-9-32-23-7-6-21(30)13-22(20)23)36(16-18-4-5-18)29(40)35(28(25)39)10-2-3-11-38/h6-9,12-13,15,18,38H,4-5,10-11,16-17H2,1H3. The fourth-order valence-electron chi connectivity index (χ4n) is 5.06. The van der Waals surface area contributed by atoms with Crippen LogP contribution < -0.4 is 11.2 Å². The molecule has 11 heteroatoms. The maximum Gasteiger partial charge on any atom is 0.333 e. The highest BCUT2D eigenvalue weighted by atomic mass is 35.5. The lowest BCUT2D eigenvalue weighted by molar-refractivity contribution is 0.350. The van der Waals surface area contributed by atoms with E-state index in [0.717, 1.165) is 33.9 Å². The van der Waals surface area contributed by atoms with Crippen molar-refractivity contribution in [2.75, 3.05) is 6.61 Å². The first-order valence-corrected chi connectivity index (χ1v) is 13.2. The van der Waals surface area contributed by atoms with E-state index >= 15 is 0 Å². The predicted octanol–water partition coefficient (Wildman–Crippen LogP) is 2.89. The zero-order valence-corrected chi connectivity index (χ0v) is 22.4. The van der Waals surface area contributed by atoms with Crippen LogP contribution in [0.1, 0.15) is 24.0 Å². The summed E-state index contributed by atoms with van der Waals surface area (Å²) in [5, 5.41) is 25.3. The molecular weight excluding hydrogens is 530 g/mol. The number of fused-ring (bicyclic) bond motifs is 2. The minimum Gasteiger partial charge on any atom is -0.384 e. The molecule has 0 saturated heterocycles. The average Bonchev–Trinajstić information content (AvgIpc) is 3.58. The Morgan fingerprint density at radius 2 is 1.98 bits per heavy atom. The number of aliphatic hydroxyl groups excluding tert-OH is 1. The van der Waals surface area contributed by atoms with Crippen molar-refractivity contribution in [2.45, 2.75) is 32.5 Å². The highest BCUT2D eigenvalue weighted by Gasteiger charge is 2.29. The number of aromatic nitrogens is 6. The molecule has 0 bridgehead atoms. The molecule has 5 aromatic rings. The summed E-state index contributed by atoms with van der Waals surface area (Å²) in [4.78, 5) is 32.0. The van der Waals surface area contributed by atoms with Crippen molar-refractivity contribution in [3.8, 4) is 29.3 Å². The molecule has 10 nitrogen and oxygen atoms in total. The first kappa shape index (κ1) is 25.6. The molecular formula is C29H24ClN7O3. The van der Waals surface area contributed by atoms with Crippen LogP contribution in [0.3, 0.4) is 0 Å². The zero-order valence-electron chi connectivity index (χ0n) is 21.6. The number of benzene rings is 1. The largest absolute Gasteiger partial charge is 0.384 e. The number of halogens is 1. The van der Waals surface area contributed by atoms with E-state index in [4.69, 9.17) is 21.8 Å². The molecule has 4 heterocycles. The van der Waals surface area contributed by atoms with Crippen LogP contribution in [0.25, 0.3) is 33.3 Å². The lowest BCUT2D eigenvalue weighted by Crippen LogP contribution is -2.40. The zero-order chi connectivity index (χ0) is 28.0. The summed E-state index contributed by atoms with van der Waals surface area (Å²) in [7, 11) is 1.80. The summed E-state index contributed by atoms with van der Waals surface area (Å²) in [6.07, 6.45) is 5.39. The Hall–Kier alpha value is -4.64. The molecule has 0 radical (unpaired) electrons. The summed E-state index contributed by atoms with van der Waals surface area (Å²) in [6.45, 7) is 0.163. The van der Waals surface area contributed by atoms with Gasteiger partial charge in [0, 0.05) is 36.4 Å². The first-order chi connectivity index (χ1) is 19.4. The maximum atomic E-state index is 14.0. The van der Waals surface area contributed by atoms with Gasteiger partial charge in [-0.2, -0.15) is 10.4 Å². The molecule has 6 rings (SSSR count). The molecule has 0 atom stereocenters. The van der Waals surface area contributed by atoms with Gasteiger partial charge in [-0.3, -0.25) is 19.0 Å². The Labute approximate surface area is 233 Å². The Balaban J connectivity index is 1.67. The third kappa shape index (κ3) is 4.47. The average molecular weight is 554 g/mol. The van der Waals surface area contributed by atoms with Crippen molar-refractivity contribution in [3.05, 3.63) is 79.7 Å². The number of hydrogen-bond donors (Lipinski definition) is 1. The molecule has 0 spiro atoms. The fraction of sp³-hybridized carbons (Fsp3) is 0.276. The van der Waals surface area contributed by atoms with Crippen molar-refractivity contribution in [1.82, 2.24) is 28.5 Å². The van der Waals surface area contributed by atoms with Gasteiger partial charge in [-0.25, -0.2) is 9.36 Å². The van der Waals surface area contributed by atoms with Gasteiger partial charge >= 0.3 is 5.69 Å². The van der Waals surface area contributed by atoms with E-state index in [1.165, 1.54) is 0 Å². The van der Waals surface area contributed by atoms with E-state index in [-0.39, 0.29) is 25.1 Å². The van der Waals surface area contributed by atoms with E-state index in [1.807, 2.05) is 18.2 Å².